The highest BCUT2D eigenvalue weighted by Gasteiger charge is 2.32. The summed E-state index contributed by atoms with van der Waals surface area (Å²) in [6.07, 6.45) is -0.176. The average molecular weight is 426 g/mol. The van der Waals surface area contributed by atoms with Crippen molar-refractivity contribution in [3.05, 3.63) is 47.8 Å². The second kappa shape index (κ2) is 8.60. The molecule has 0 bridgehead atoms. The van der Waals surface area contributed by atoms with E-state index in [1.165, 1.54) is 22.7 Å². The van der Waals surface area contributed by atoms with Gasteiger partial charge in [-0.3, -0.25) is 14.2 Å². The van der Waals surface area contributed by atoms with Crippen molar-refractivity contribution in [2.45, 2.75) is 63.3 Å². The zero-order chi connectivity index (χ0) is 22.1. The van der Waals surface area contributed by atoms with E-state index in [0.29, 0.717) is 11.1 Å². The van der Waals surface area contributed by atoms with Gasteiger partial charge in [0.1, 0.15) is 11.6 Å². The van der Waals surface area contributed by atoms with Gasteiger partial charge in [-0.15, -0.1) is 10.2 Å². The van der Waals surface area contributed by atoms with Crippen LogP contribution < -0.4 is 0 Å². The Kier molecular flexibility index (Phi) is 6.31. The molecule has 0 aliphatic rings. The first-order chi connectivity index (χ1) is 14.1. The summed E-state index contributed by atoms with van der Waals surface area (Å²) in [4.78, 5) is 23.5. The molecule has 0 saturated carbocycles. The molecular formula is C23H27N3O3S. The van der Waals surface area contributed by atoms with E-state index >= 15 is 0 Å². The first-order valence-electron chi connectivity index (χ1n) is 10.00. The molecule has 7 heteroatoms. The van der Waals surface area contributed by atoms with Crippen molar-refractivity contribution < 1.29 is 14.7 Å². The number of Topliss-reactive ketones (excluding diaryl/α,β-unsaturated/α-hetero) is 1. The molecule has 1 heterocycles. The van der Waals surface area contributed by atoms with Crippen molar-refractivity contribution in [2.75, 3.05) is 0 Å². The summed E-state index contributed by atoms with van der Waals surface area (Å²) in [5.74, 6) is 0.0290. The minimum atomic E-state index is -0.972. The van der Waals surface area contributed by atoms with E-state index in [1.807, 2.05) is 23.6 Å². The normalized spacial score (nSPS) is 11.9. The van der Waals surface area contributed by atoms with Gasteiger partial charge >= 0.3 is 5.97 Å². The van der Waals surface area contributed by atoms with Crippen molar-refractivity contribution in [3.8, 4) is 5.69 Å². The third kappa shape index (κ3) is 4.41. The molecule has 30 heavy (non-hydrogen) atoms. The highest BCUT2D eigenvalue weighted by Crippen LogP contribution is 2.37. The molecule has 0 atom stereocenters. The van der Waals surface area contributed by atoms with Gasteiger partial charge in [-0.05, 0) is 43.7 Å². The van der Waals surface area contributed by atoms with Gasteiger partial charge in [0.15, 0.2) is 5.16 Å². The fourth-order valence-corrected chi connectivity index (χ4v) is 4.57. The maximum absolute atomic E-state index is 12.6. The van der Waals surface area contributed by atoms with Crippen LogP contribution in [0.1, 0.15) is 57.8 Å². The van der Waals surface area contributed by atoms with E-state index in [0.717, 1.165) is 16.9 Å². The van der Waals surface area contributed by atoms with Crippen LogP contribution in [0.15, 0.2) is 41.6 Å². The van der Waals surface area contributed by atoms with Crippen LogP contribution in [-0.2, 0) is 9.59 Å². The SMILES string of the molecule is Cc1nnc(SC(C)(C)C(=O)CCC(=O)O)n1-c1ccc(C(C)C)c2ccccc12. The minimum Gasteiger partial charge on any atom is -0.481 e. The van der Waals surface area contributed by atoms with Crippen LogP contribution in [0.3, 0.4) is 0 Å². The Bertz CT molecular complexity index is 1100. The summed E-state index contributed by atoms with van der Waals surface area (Å²) in [7, 11) is 0. The van der Waals surface area contributed by atoms with Crippen molar-refractivity contribution in [1.29, 1.82) is 0 Å². The number of benzene rings is 2. The number of nitrogens with zero attached hydrogens (tertiary/aromatic N) is 3. The molecule has 0 saturated heterocycles. The zero-order valence-electron chi connectivity index (χ0n) is 18.0. The Morgan fingerprint density at radius 2 is 1.73 bits per heavy atom. The molecule has 0 fully saturated rings. The number of aliphatic carboxylic acids is 1. The van der Waals surface area contributed by atoms with E-state index in [4.69, 9.17) is 5.11 Å². The van der Waals surface area contributed by atoms with Crippen LogP contribution in [0.5, 0.6) is 0 Å². The van der Waals surface area contributed by atoms with E-state index in [2.05, 4.69) is 48.3 Å². The van der Waals surface area contributed by atoms with Crippen LogP contribution in [0.2, 0.25) is 0 Å². The molecule has 0 amide bonds. The third-order valence-electron chi connectivity index (χ3n) is 5.18. The number of aryl methyl sites for hydroxylation is 1. The molecule has 158 valence electrons. The van der Waals surface area contributed by atoms with Gasteiger partial charge in [0, 0.05) is 11.8 Å². The van der Waals surface area contributed by atoms with E-state index in [1.54, 1.807) is 13.8 Å². The fraction of sp³-hybridized carbons (Fsp3) is 0.391. The fourth-order valence-electron chi connectivity index (χ4n) is 3.50. The first-order valence-corrected chi connectivity index (χ1v) is 10.8. The van der Waals surface area contributed by atoms with Crippen LogP contribution in [0, 0.1) is 6.92 Å². The smallest absolute Gasteiger partial charge is 0.303 e. The van der Waals surface area contributed by atoms with Crippen LogP contribution in [-0.4, -0.2) is 36.4 Å². The molecule has 0 aliphatic carbocycles. The number of ketones is 1. The molecule has 3 rings (SSSR count). The summed E-state index contributed by atoms with van der Waals surface area (Å²) in [5, 5.41) is 20.4. The Hall–Kier alpha value is -2.67. The number of carboxylic acid groups (broad SMARTS) is 1. The van der Waals surface area contributed by atoms with Gasteiger partial charge in [-0.25, -0.2) is 0 Å². The van der Waals surface area contributed by atoms with Crippen molar-refractivity contribution in [3.63, 3.8) is 0 Å². The number of thioether (sulfide) groups is 1. The molecule has 2 aromatic carbocycles. The van der Waals surface area contributed by atoms with E-state index in [9.17, 15) is 9.59 Å². The molecule has 1 aromatic heterocycles. The summed E-state index contributed by atoms with van der Waals surface area (Å²) in [5.41, 5.74) is 2.24. The lowest BCUT2D eigenvalue weighted by Crippen LogP contribution is -2.28. The Morgan fingerprint density at radius 3 is 2.37 bits per heavy atom. The minimum absolute atomic E-state index is 0.00549. The van der Waals surface area contributed by atoms with E-state index < -0.39 is 10.7 Å². The van der Waals surface area contributed by atoms with Gasteiger partial charge in [0.2, 0.25) is 0 Å². The Morgan fingerprint density at radius 1 is 1.07 bits per heavy atom. The molecule has 0 spiro atoms. The van der Waals surface area contributed by atoms with Crippen LogP contribution >= 0.6 is 11.8 Å². The molecule has 3 aromatic rings. The van der Waals surface area contributed by atoms with E-state index in [-0.39, 0.29) is 18.6 Å². The Balaban J connectivity index is 2.04. The summed E-state index contributed by atoms with van der Waals surface area (Å²) in [6, 6.07) is 12.5. The molecular weight excluding hydrogens is 398 g/mol. The van der Waals surface area contributed by atoms with Gasteiger partial charge < -0.3 is 5.11 Å². The second-order valence-electron chi connectivity index (χ2n) is 8.17. The Labute approximate surface area is 180 Å². The average Bonchev–Trinajstić information content (AvgIpc) is 3.04. The predicted molar refractivity (Wildman–Crippen MR) is 120 cm³/mol. The number of hydrogen-bond donors (Lipinski definition) is 1. The second-order valence-corrected chi connectivity index (χ2v) is 9.76. The van der Waals surface area contributed by atoms with Crippen LogP contribution in [0.25, 0.3) is 16.5 Å². The number of carboxylic acids is 1. The highest BCUT2D eigenvalue weighted by molar-refractivity contribution is 8.01. The zero-order valence-corrected chi connectivity index (χ0v) is 18.8. The monoisotopic (exact) mass is 425 g/mol. The summed E-state index contributed by atoms with van der Waals surface area (Å²) < 4.78 is 1.16. The topological polar surface area (TPSA) is 85.1 Å². The molecule has 0 unspecified atom stereocenters. The quantitative estimate of drug-likeness (QED) is 0.502. The van der Waals surface area contributed by atoms with Crippen molar-refractivity contribution in [1.82, 2.24) is 14.8 Å². The third-order valence-corrected chi connectivity index (χ3v) is 6.36. The van der Waals surface area contributed by atoms with Gasteiger partial charge in [0.25, 0.3) is 0 Å². The maximum atomic E-state index is 12.6. The summed E-state index contributed by atoms with van der Waals surface area (Å²) in [6.45, 7) is 9.85. The summed E-state index contributed by atoms with van der Waals surface area (Å²) >= 11 is 1.31. The lowest BCUT2D eigenvalue weighted by Gasteiger charge is -2.22. The highest BCUT2D eigenvalue weighted by atomic mass is 32.2. The lowest BCUT2D eigenvalue weighted by molar-refractivity contribution is -0.138. The van der Waals surface area contributed by atoms with Gasteiger partial charge in [-0.2, -0.15) is 0 Å². The van der Waals surface area contributed by atoms with Crippen LogP contribution in [0.4, 0.5) is 0 Å². The number of aromatic nitrogens is 3. The first kappa shape index (κ1) is 22.0. The van der Waals surface area contributed by atoms with Crippen molar-refractivity contribution >= 4 is 34.3 Å². The number of fused-ring (bicyclic) bond motifs is 1. The number of carbonyl (C=O) groups excluding carboxylic acids is 1. The largest absolute Gasteiger partial charge is 0.481 e. The predicted octanol–water partition coefficient (Wildman–Crippen LogP) is 5.16. The molecule has 1 N–H and O–H groups in total. The standard InChI is InChI=1S/C23H27N3O3S/c1-14(2)16-10-11-19(18-9-7-6-8-17(16)18)26-15(3)24-25-22(26)30-23(4,5)20(27)12-13-21(28)29/h6-11,14H,12-13H2,1-5H3,(H,28,29). The molecule has 0 radical (unpaired) electrons. The van der Waals surface area contributed by atoms with Gasteiger partial charge in [-0.1, -0.05) is 55.9 Å². The lowest BCUT2D eigenvalue weighted by atomic mass is 9.95. The number of carbonyl (C=O) groups is 2. The number of rotatable bonds is 8. The van der Waals surface area contributed by atoms with Gasteiger partial charge in [0.05, 0.1) is 16.9 Å². The van der Waals surface area contributed by atoms with Crippen molar-refractivity contribution in [2.24, 2.45) is 0 Å². The molecule has 0 aliphatic heterocycles. The maximum Gasteiger partial charge on any atom is 0.303 e. The number of hydrogen-bond acceptors (Lipinski definition) is 5. The molecule has 6 nitrogen and oxygen atoms in total.